The molecule has 0 bridgehead atoms. The number of rotatable bonds is 9. The van der Waals surface area contributed by atoms with Crippen LogP contribution >= 0.6 is 0 Å². The molecule has 0 saturated heterocycles. The minimum atomic E-state index is -0.0834. The molecule has 2 N–H and O–H groups in total. The first-order chi connectivity index (χ1) is 18.1. The number of hydrogen-bond donors (Lipinski definition) is 1. The number of benzene rings is 2. The first kappa shape index (κ1) is 25.1. The normalized spacial score (nSPS) is 18.0. The van der Waals surface area contributed by atoms with Gasteiger partial charge in [-0.15, -0.1) is 0 Å². The molecule has 7 nitrogen and oxygen atoms in total. The lowest BCUT2D eigenvalue weighted by molar-refractivity contribution is 0.0777. The Hall–Kier alpha value is -3.58. The number of aliphatic imine (C=N–C) groups is 2. The third-order valence-electron chi connectivity index (χ3n) is 7.46. The zero-order chi connectivity index (χ0) is 25.8. The van der Waals surface area contributed by atoms with E-state index in [0.29, 0.717) is 12.4 Å². The summed E-state index contributed by atoms with van der Waals surface area (Å²) >= 11 is 0. The van der Waals surface area contributed by atoms with Crippen LogP contribution in [0.4, 0.5) is 5.69 Å². The first-order valence-electron chi connectivity index (χ1n) is 13.2. The zero-order valence-corrected chi connectivity index (χ0v) is 21.8. The fourth-order valence-electron chi connectivity index (χ4n) is 5.52. The van der Waals surface area contributed by atoms with Gasteiger partial charge in [-0.25, -0.2) is 0 Å². The summed E-state index contributed by atoms with van der Waals surface area (Å²) in [5, 5.41) is 0. The summed E-state index contributed by atoms with van der Waals surface area (Å²) in [4.78, 5) is 8.52. The molecule has 1 unspecified atom stereocenters. The van der Waals surface area contributed by atoms with Gasteiger partial charge in [0.1, 0.15) is 28.8 Å². The molecule has 7 heteroatoms. The summed E-state index contributed by atoms with van der Waals surface area (Å²) in [6, 6.07) is 15.7. The maximum Gasteiger partial charge on any atom is 0.145 e. The van der Waals surface area contributed by atoms with Gasteiger partial charge in [-0.2, -0.15) is 0 Å². The molecule has 1 aromatic heterocycles. The fourth-order valence-corrected chi connectivity index (χ4v) is 5.52. The van der Waals surface area contributed by atoms with Crippen molar-refractivity contribution >= 4 is 18.2 Å². The van der Waals surface area contributed by atoms with Crippen molar-refractivity contribution in [1.82, 2.24) is 4.57 Å². The Morgan fingerprint density at radius 3 is 2.57 bits per heavy atom. The summed E-state index contributed by atoms with van der Waals surface area (Å²) in [6.07, 6.45) is 7.82. The maximum atomic E-state index is 6.30. The molecule has 0 spiro atoms. The molecule has 1 aliphatic carbocycles. The highest BCUT2D eigenvalue weighted by Gasteiger charge is 2.33. The zero-order valence-electron chi connectivity index (χ0n) is 21.8. The molecule has 3 aromatic rings. The molecule has 37 heavy (non-hydrogen) atoms. The molecule has 1 fully saturated rings. The third kappa shape index (κ3) is 5.27. The van der Waals surface area contributed by atoms with E-state index in [1.54, 1.807) is 7.05 Å². The number of aromatic nitrogens is 1. The third-order valence-corrected chi connectivity index (χ3v) is 7.46. The van der Waals surface area contributed by atoms with Crippen LogP contribution in [0.25, 0.3) is 5.69 Å². The highest BCUT2D eigenvalue weighted by molar-refractivity contribution is 6.02. The minimum absolute atomic E-state index is 0.0834. The largest absolute Gasteiger partial charge is 0.493 e. The van der Waals surface area contributed by atoms with E-state index in [1.807, 2.05) is 55.5 Å². The van der Waals surface area contributed by atoms with E-state index in [1.165, 1.54) is 32.1 Å². The van der Waals surface area contributed by atoms with E-state index >= 15 is 0 Å². The molecule has 2 heterocycles. The molecule has 194 valence electrons. The molecule has 1 aliphatic heterocycles. The summed E-state index contributed by atoms with van der Waals surface area (Å²) in [5.74, 6) is 3.53. The second-order valence-electron chi connectivity index (χ2n) is 9.83. The van der Waals surface area contributed by atoms with Crippen molar-refractivity contribution in [2.45, 2.75) is 58.2 Å². The second kappa shape index (κ2) is 11.2. The summed E-state index contributed by atoms with van der Waals surface area (Å²) < 4.78 is 20.1. The van der Waals surface area contributed by atoms with Crippen LogP contribution < -0.4 is 15.2 Å². The van der Waals surface area contributed by atoms with Gasteiger partial charge < -0.3 is 24.5 Å². The van der Waals surface area contributed by atoms with Crippen LogP contribution in [0, 0.1) is 5.92 Å². The Morgan fingerprint density at radius 1 is 1.08 bits per heavy atom. The highest BCUT2D eigenvalue weighted by atomic mass is 16.5. The minimum Gasteiger partial charge on any atom is -0.493 e. The van der Waals surface area contributed by atoms with Crippen molar-refractivity contribution in [3.8, 4) is 22.9 Å². The van der Waals surface area contributed by atoms with Gasteiger partial charge in [-0.3, -0.25) is 9.98 Å². The fraction of sp³-hybridized carbons (Fsp3) is 0.400. The van der Waals surface area contributed by atoms with Crippen LogP contribution in [-0.4, -0.2) is 30.8 Å². The van der Waals surface area contributed by atoms with E-state index in [2.05, 4.69) is 21.3 Å². The van der Waals surface area contributed by atoms with E-state index in [-0.39, 0.29) is 6.10 Å². The van der Waals surface area contributed by atoms with Crippen molar-refractivity contribution in [2.75, 3.05) is 13.7 Å². The van der Waals surface area contributed by atoms with E-state index < -0.39 is 0 Å². The number of amidine groups is 1. The Morgan fingerprint density at radius 2 is 1.84 bits per heavy atom. The Labute approximate surface area is 219 Å². The molecule has 0 amide bonds. The van der Waals surface area contributed by atoms with Gasteiger partial charge >= 0.3 is 0 Å². The van der Waals surface area contributed by atoms with Crippen LogP contribution in [-0.2, 0) is 11.3 Å². The van der Waals surface area contributed by atoms with Crippen LogP contribution in [0.1, 0.15) is 68.5 Å². The quantitative estimate of drug-likeness (QED) is 0.256. The molecule has 2 aromatic carbocycles. The van der Waals surface area contributed by atoms with E-state index in [9.17, 15) is 0 Å². The predicted octanol–water partition coefficient (Wildman–Crippen LogP) is 6.88. The Kier molecular flexibility index (Phi) is 7.60. The topological polar surface area (TPSA) is 83.4 Å². The smallest absolute Gasteiger partial charge is 0.145 e. The Bertz CT molecular complexity index is 1270. The number of fused-ring (bicyclic) bond motifs is 1. The SMILES string of the molecule is C=Nc1c2c(n(-c3ccc(Oc4cccc(OCCC5CCCCC5)c4)cc3)c1C(N)=NC)COC2C. The van der Waals surface area contributed by atoms with Crippen LogP contribution in [0.15, 0.2) is 58.5 Å². The van der Waals surface area contributed by atoms with Crippen molar-refractivity contribution in [3.63, 3.8) is 0 Å². The molecule has 5 rings (SSSR count). The lowest BCUT2D eigenvalue weighted by Gasteiger charge is -2.21. The van der Waals surface area contributed by atoms with Crippen molar-refractivity contribution in [2.24, 2.45) is 21.6 Å². The molecule has 0 radical (unpaired) electrons. The standard InChI is InChI=1S/C30H36N4O3/c1-20-27-26(19-36-20)34(29(28(27)32-2)30(31)33-3)22-12-14-23(15-13-22)37-25-11-7-10-24(18-25)35-17-16-21-8-5-4-6-9-21/h7,10-15,18,20-21H,2,4-6,8-9,16-17,19H2,1,3H3,(H2,31,33). The van der Waals surface area contributed by atoms with E-state index in [0.717, 1.165) is 64.5 Å². The van der Waals surface area contributed by atoms with Gasteiger partial charge in [0.15, 0.2) is 0 Å². The second-order valence-corrected chi connectivity index (χ2v) is 9.83. The average Bonchev–Trinajstić information content (AvgIpc) is 3.47. The van der Waals surface area contributed by atoms with Crippen LogP contribution in [0.5, 0.6) is 17.2 Å². The van der Waals surface area contributed by atoms with Gasteiger partial charge in [-0.1, -0.05) is 38.2 Å². The monoisotopic (exact) mass is 500 g/mol. The lowest BCUT2D eigenvalue weighted by Crippen LogP contribution is -2.19. The van der Waals surface area contributed by atoms with Crippen molar-refractivity contribution in [3.05, 3.63) is 65.5 Å². The number of nitrogens with two attached hydrogens (primary N) is 1. The Balaban J connectivity index is 1.31. The molecular formula is C30H36N4O3. The number of nitrogens with zero attached hydrogens (tertiary/aromatic N) is 3. The summed E-state index contributed by atoms with van der Waals surface area (Å²) in [7, 11) is 1.68. The number of hydrogen-bond acceptors (Lipinski definition) is 5. The van der Waals surface area contributed by atoms with Crippen LogP contribution in [0.2, 0.25) is 0 Å². The number of ether oxygens (including phenoxy) is 3. The average molecular weight is 501 g/mol. The molecule has 2 aliphatic rings. The van der Waals surface area contributed by atoms with Gasteiger partial charge in [0.2, 0.25) is 0 Å². The summed E-state index contributed by atoms with van der Waals surface area (Å²) in [6.45, 7) is 7.01. The maximum absolute atomic E-state index is 6.30. The lowest BCUT2D eigenvalue weighted by atomic mass is 9.87. The summed E-state index contributed by atoms with van der Waals surface area (Å²) in [5.41, 5.74) is 10.7. The molecule has 1 saturated carbocycles. The van der Waals surface area contributed by atoms with Gasteiger partial charge in [0.25, 0.3) is 0 Å². The van der Waals surface area contributed by atoms with Crippen molar-refractivity contribution in [1.29, 1.82) is 0 Å². The van der Waals surface area contributed by atoms with Gasteiger partial charge in [-0.05, 0) is 62.4 Å². The molecule has 1 atom stereocenters. The van der Waals surface area contributed by atoms with Gasteiger partial charge in [0.05, 0.1) is 30.7 Å². The van der Waals surface area contributed by atoms with Crippen LogP contribution in [0.3, 0.4) is 0 Å². The van der Waals surface area contributed by atoms with E-state index in [4.69, 9.17) is 19.9 Å². The van der Waals surface area contributed by atoms with Crippen molar-refractivity contribution < 1.29 is 14.2 Å². The molecular weight excluding hydrogens is 464 g/mol. The predicted molar refractivity (Wildman–Crippen MR) is 148 cm³/mol. The van der Waals surface area contributed by atoms with Gasteiger partial charge in [0, 0.05) is 24.4 Å². The highest BCUT2D eigenvalue weighted by Crippen LogP contribution is 2.43. The first-order valence-corrected chi connectivity index (χ1v) is 13.2.